The maximum Gasteiger partial charge on any atom is 0.416 e. The predicted molar refractivity (Wildman–Crippen MR) is 66.9 cm³/mol. The molecule has 0 heterocycles. The van der Waals surface area contributed by atoms with Crippen LogP contribution >= 0.6 is 0 Å². The summed E-state index contributed by atoms with van der Waals surface area (Å²) in [5.74, 6) is -0.470. The van der Waals surface area contributed by atoms with Crippen LogP contribution in [0.3, 0.4) is 0 Å². The first-order valence-electron chi connectivity index (χ1n) is 5.92. The first-order chi connectivity index (χ1) is 9.38. The van der Waals surface area contributed by atoms with Crippen molar-refractivity contribution in [3.63, 3.8) is 0 Å². The lowest BCUT2D eigenvalue weighted by molar-refractivity contribution is -0.137. The van der Waals surface area contributed by atoms with Crippen LogP contribution < -0.4 is 4.74 Å². The van der Waals surface area contributed by atoms with Crippen molar-refractivity contribution >= 4 is 0 Å². The summed E-state index contributed by atoms with van der Waals surface area (Å²) >= 11 is 0. The van der Waals surface area contributed by atoms with Crippen LogP contribution in [0, 0.1) is 12.7 Å². The first-order valence-corrected chi connectivity index (χ1v) is 5.92. The molecule has 0 unspecified atom stereocenters. The summed E-state index contributed by atoms with van der Waals surface area (Å²) in [6.45, 7) is 1.47. The maximum atomic E-state index is 13.7. The zero-order chi connectivity index (χ0) is 14.8. The zero-order valence-electron chi connectivity index (χ0n) is 10.7. The van der Waals surface area contributed by atoms with Gasteiger partial charge in [0.15, 0.2) is 11.6 Å². The Morgan fingerprint density at radius 1 is 1.05 bits per heavy atom. The number of hydrogen-bond donors (Lipinski definition) is 0. The van der Waals surface area contributed by atoms with E-state index in [9.17, 15) is 17.6 Å². The Morgan fingerprint density at radius 3 is 2.45 bits per heavy atom. The van der Waals surface area contributed by atoms with E-state index in [0.717, 1.165) is 12.1 Å². The number of alkyl halides is 3. The monoisotopic (exact) mass is 284 g/mol. The lowest BCUT2D eigenvalue weighted by Crippen LogP contribution is -2.06. The largest absolute Gasteiger partial charge is 0.486 e. The molecule has 0 saturated heterocycles. The van der Waals surface area contributed by atoms with Crippen LogP contribution in [-0.4, -0.2) is 0 Å². The summed E-state index contributed by atoms with van der Waals surface area (Å²) in [6, 6.07) is 9.43. The van der Waals surface area contributed by atoms with Gasteiger partial charge in [-0.3, -0.25) is 0 Å². The highest BCUT2D eigenvalue weighted by Gasteiger charge is 2.30. The van der Waals surface area contributed by atoms with Gasteiger partial charge in [0, 0.05) is 0 Å². The molecule has 5 heteroatoms. The Labute approximate surface area is 113 Å². The van der Waals surface area contributed by atoms with Crippen LogP contribution in [0.5, 0.6) is 5.75 Å². The molecule has 0 saturated carbocycles. The van der Waals surface area contributed by atoms with E-state index in [0.29, 0.717) is 11.1 Å². The summed E-state index contributed by atoms with van der Waals surface area (Å²) in [7, 11) is 0. The van der Waals surface area contributed by atoms with Crippen LogP contribution in [0.4, 0.5) is 17.6 Å². The number of benzene rings is 2. The third-order valence-corrected chi connectivity index (χ3v) is 2.81. The van der Waals surface area contributed by atoms with E-state index in [-0.39, 0.29) is 12.4 Å². The fourth-order valence-corrected chi connectivity index (χ4v) is 1.73. The van der Waals surface area contributed by atoms with Gasteiger partial charge >= 0.3 is 6.18 Å². The summed E-state index contributed by atoms with van der Waals surface area (Å²) in [4.78, 5) is 0. The summed E-state index contributed by atoms with van der Waals surface area (Å²) in [5, 5.41) is 0. The Balaban J connectivity index is 2.13. The molecule has 0 fully saturated rings. The predicted octanol–water partition coefficient (Wildman–Crippen LogP) is 4.73. The minimum absolute atomic E-state index is 0.0300. The topological polar surface area (TPSA) is 9.23 Å². The molecule has 106 valence electrons. The van der Waals surface area contributed by atoms with E-state index in [2.05, 4.69) is 0 Å². The van der Waals surface area contributed by atoms with Gasteiger partial charge in [-0.15, -0.1) is 0 Å². The summed E-state index contributed by atoms with van der Waals surface area (Å²) in [5.41, 5.74) is 0.00980. The molecule has 0 aliphatic heterocycles. The van der Waals surface area contributed by atoms with Gasteiger partial charge in [0.25, 0.3) is 0 Å². The maximum absolute atomic E-state index is 13.7. The molecule has 0 atom stereocenters. The Bertz CT molecular complexity index is 605. The first kappa shape index (κ1) is 14.4. The van der Waals surface area contributed by atoms with Gasteiger partial charge in [0.2, 0.25) is 0 Å². The number of hydrogen-bond acceptors (Lipinski definition) is 1. The number of ether oxygens (including phenoxy) is 1. The van der Waals surface area contributed by atoms with Crippen molar-refractivity contribution in [2.24, 2.45) is 0 Å². The van der Waals surface area contributed by atoms with Crippen LogP contribution in [0.1, 0.15) is 16.7 Å². The molecule has 2 aromatic carbocycles. The van der Waals surface area contributed by atoms with E-state index < -0.39 is 17.6 Å². The second-order valence-electron chi connectivity index (χ2n) is 4.37. The molecule has 0 bridgehead atoms. The van der Waals surface area contributed by atoms with Gasteiger partial charge in [0.1, 0.15) is 6.61 Å². The summed E-state index contributed by atoms with van der Waals surface area (Å²) < 4.78 is 56.5. The second-order valence-corrected chi connectivity index (χ2v) is 4.37. The van der Waals surface area contributed by atoms with E-state index >= 15 is 0 Å². The Morgan fingerprint density at radius 2 is 1.75 bits per heavy atom. The Kier molecular flexibility index (Phi) is 3.97. The highest BCUT2D eigenvalue weighted by atomic mass is 19.4. The molecule has 2 rings (SSSR count). The van der Waals surface area contributed by atoms with Crippen molar-refractivity contribution in [1.82, 2.24) is 0 Å². The quantitative estimate of drug-likeness (QED) is 0.740. The molecular weight excluding hydrogens is 272 g/mol. The van der Waals surface area contributed by atoms with Crippen molar-refractivity contribution in [2.75, 3.05) is 0 Å². The standard InChI is InChI=1S/C15H12F4O/c1-10-4-2-7-13(14(10)16)20-9-11-5-3-6-12(8-11)15(17,18)19/h2-8H,9H2,1H3. The molecule has 20 heavy (non-hydrogen) atoms. The molecular formula is C15H12F4O. The van der Waals surface area contributed by atoms with E-state index in [1.165, 1.54) is 18.2 Å². The number of halogens is 4. The molecule has 2 aromatic rings. The van der Waals surface area contributed by atoms with Gasteiger partial charge in [0.05, 0.1) is 5.56 Å². The van der Waals surface area contributed by atoms with Gasteiger partial charge in [-0.05, 0) is 36.2 Å². The van der Waals surface area contributed by atoms with Gasteiger partial charge in [-0.1, -0.05) is 24.3 Å². The molecule has 0 spiro atoms. The van der Waals surface area contributed by atoms with Crippen LogP contribution in [0.15, 0.2) is 42.5 Å². The van der Waals surface area contributed by atoms with Gasteiger partial charge in [-0.25, -0.2) is 4.39 Å². The van der Waals surface area contributed by atoms with Gasteiger partial charge < -0.3 is 4.74 Å². The molecule has 0 radical (unpaired) electrons. The van der Waals surface area contributed by atoms with Crippen molar-refractivity contribution in [2.45, 2.75) is 19.7 Å². The highest BCUT2D eigenvalue weighted by Crippen LogP contribution is 2.30. The van der Waals surface area contributed by atoms with E-state index in [4.69, 9.17) is 4.74 Å². The van der Waals surface area contributed by atoms with Crippen molar-refractivity contribution in [3.05, 3.63) is 65.0 Å². The minimum atomic E-state index is -4.40. The van der Waals surface area contributed by atoms with Crippen LogP contribution in [-0.2, 0) is 12.8 Å². The molecule has 0 aliphatic carbocycles. The molecule has 0 aliphatic rings. The van der Waals surface area contributed by atoms with Crippen molar-refractivity contribution in [3.8, 4) is 5.75 Å². The third kappa shape index (κ3) is 3.29. The minimum Gasteiger partial charge on any atom is -0.486 e. The fourth-order valence-electron chi connectivity index (χ4n) is 1.73. The molecule has 1 nitrogen and oxygen atoms in total. The average molecular weight is 284 g/mol. The SMILES string of the molecule is Cc1cccc(OCc2cccc(C(F)(F)F)c2)c1F. The second kappa shape index (κ2) is 5.53. The molecule has 0 aromatic heterocycles. The third-order valence-electron chi connectivity index (χ3n) is 2.81. The van der Waals surface area contributed by atoms with Crippen molar-refractivity contribution in [1.29, 1.82) is 0 Å². The highest BCUT2D eigenvalue weighted by molar-refractivity contribution is 5.31. The summed E-state index contributed by atoms with van der Waals surface area (Å²) in [6.07, 6.45) is -4.40. The smallest absolute Gasteiger partial charge is 0.416 e. The van der Waals surface area contributed by atoms with Crippen LogP contribution in [0.2, 0.25) is 0 Å². The fraction of sp³-hybridized carbons (Fsp3) is 0.200. The zero-order valence-corrected chi connectivity index (χ0v) is 10.7. The number of rotatable bonds is 3. The lowest BCUT2D eigenvalue weighted by atomic mass is 10.1. The lowest BCUT2D eigenvalue weighted by Gasteiger charge is -2.11. The normalized spacial score (nSPS) is 11.4. The van der Waals surface area contributed by atoms with E-state index in [1.807, 2.05) is 0 Å². The molecule has 0 N–H and O–H groups in total. The Hall–Kier alpha value is -2.04. The average Bonchev–Trinajstić information content (AvgIpc) is 2.40. The van der Waals surface area contributed by atoms with Crippen LogP contribution in [0.25, 0.3) is 0 Å². The van der Waals surface area contributed by atoms with Crippen molar-refractivity contribution < 1.29 is 22.3 Å². The number of aryl methyl sites for hydroxylation is 1. The van der Waals surface area contributed by atoms with Gasteiger partial charge in [-0.2, -0.15) is 13.2 Å². The molecule has 0 amide bonds. The van der Waals surface area contributed by atoms with E-state index in [1.54, 1.807) is 19.1 Å².